The Morgan fingerprint density at radius 2 is 1.94 bits per heavy atom. The number of carbonyl (C=O) groups excluding carboxylic acids is 2. The second-order valence-electron chi connectivity index (χ2n) is 4.31. The van der Waals surface area contributed by atoms with Crippen LogP contribution in [-0.2, 0) is 9.53 Å². The maximum absolute atomic E-state index is 11.6. The third-order valence-electron chi connectivity index (χ3n) is 1.53. The van der Waals surface area contributed by atoms with Gasteiger partial charge in [-0.3, -0.25) is 14.9 Å². The molecule has 98 valence electrons. The van der Waals surface area contributed by atoms with Gasteiger partial charge in [0.15, 0.2) is 0 Å². The number of amides is 2. The van der Waals surface area contributed by atoms with Crippen molar-refractivity contribution in [2.45, 2.75) is 26.4 Å². The van der Waals surface area contributed by atoms with E-state index in [1.807, 2.05) is 0 Å². The number of hydrogen-bond acceptors (Lipinski definition) is 6. The number of nitrogens with zero attached hydrogens (tertiary/aromatic N) is 2. The predicted molar refractivity (Wildman–Crippen MR) is 58.9 cm³/mol. The van der Waals surface area contributed by atoms with Crippen LogP contribution >= 0.6 is 0 Å². The molecule has 2 amide bonds. The number of carbonyl (C=O) groups is 2. The monoisotopic (exact) mass is 247 g/mol. The first kappa shape index (κ1) is 15.3. The van der Waals surface area contributed by atoms with Crippen LogP contribution in [0.2, 0.25) is 0 Å². The summed E-state index contributed by atoms with van der Waals surface area (Å²) in [5.74, 6) is -0.935. The zero-order chi connectivity index (χ0) is 13.6. The Bertz CT molecular complexity index is 310. The predicted octanol–water partition coefficient (Wildman–Crippen LogP) is -0.0145. The Labute approximate surface area is 98.8 Å². The fraction of sp³-hybridized carbons (Fsp3) is 0.778. The summed E-state index contributed by atoms with van der Waals surface area (Å²) in [6.45, 7) is 3.83. The van der Waals surface area contributed by atoms with Crippen LogP contribution < -0.4 is 5.73 Å². The van der Waals surface area contributed by atoms with Gasteiger partial charge in [0, 0.05) is 18.0 Å². The molecule has 0 aliphatic carbocycles. The van der Waals surface area contributed by atoms with E-state index in [1.54, 1.807) is 20.8 Å². The van der Waals surface area contributed by atoms with Crippen LogP contribution in [0.5, 0.6) is 0 Å². The smallest absolute Gasteiger partial charge is 0.417 e. The van der Waals surface area contributed by atoms with E-state index >= 15 is 0 Å². The highest BCUT2D eigenvalue weighted by Crippen LogP contribution is 2.09. The van der Waals surface area contributed by atoms with Crippen molar-refractivity contribution < 1.29 is 19.2 Å². The van der Waals surface area contributed by atoms with Gasteiger partial charge in [0.1, 0.15) is 5.60 Å². The molecule has 0 aliphatic heterocycles. The lowest BCUT2D eigenvalue weighted by Gasteiger charge is -2.24. The normalized spacial score (nSPS) is 10.8. The van der Waals surface area contributed by atoms with Crippen LogP contribution in [0, 0.1) is 10.1 Å². The minimum absolute atomic E-state index is 0.0166. The SMILES string of the molecule is CC(C)(C)OC(=O)N(CCN)C(=O)C[N+](=O)[O-]. The Kier molecular flexibility index (Phi) is 5.52. The van der Waals surface area contributed by atoms with Crippen molar-refractivity contribution in [1.29, 1.82) is 0 Å². The molecular weight excluding hydrogens is 230 g/mol. The molecule has 17 heavy (non-hydrogen) atoms. The van der Waals surface area contributed by atoms with E-state index in [0.29, 0.717) is 4.90 Å². The minimum atomic E-state index is -0.959. The largest absolute Gasteiger partial charge is 0.443 e. The van der Waals surface area contributed by atoms with Crippen molar-refractivity contribution in [1.82, 2.24) is 4.90 Å². The Morgan fingerprint density at radius 3 is 2.29 bits per heavy atom. The number of nitrogens with two attached hydrogens (primary N) is 1. The molecular formula is C9H17N3O5. The molecule has 0 rings (SSSR count). The van der Waals surface area contributed by atoms with Gasteiger partial charge in [0.2, 0.25) is 0 Å². The Morgan fingerprint density at radius 1 is 1.41 bits per heavy atom. The first-order valence-corrected chi connectivity index (χ1v) is 5.02. The van der Waals surface area contributed by atoms with Gasteiger partial charge in [-0.15, -0.1) is 0 Å². The molecule has 0 heterocycles. The molecule has 0 saturated carbocycles. The van der Waals surface area contributed by atoms with Crippen LogP contribution in [0.25, 0.3) is 0 Å². The van der Waals surface area contributed by atoms with E-state index in [2.05, 4.69) is 0 Å². The molecule has 0 bridgehead atoms. The van der Waals surface area contributed by atoms with Crippen molar-refractivity contribution in [3.05, 3.63) is 10.1 Å². The number of ether oxygens (including phenoxy) is 1. The molecule has 0 radical (unpaired) electrons. The summed E-state index contributed by atoms with van der Waals surface area (Å²) in [4.78, 5) is 33.0. The molecule has 0 aliphatic rings. The molecule has 0 saturated heterocycles. The van der Waals surface area contributed by atoms with Crippen molar-refractivity contribution >= 4 is 12.0 Å². The molecule has 0 spiro atoms. The molecule has 2 N–H and O–H groups in total. The number of imide groups is 1. The summed E-state index contributed by atoms with van der Waals surface area (Å²) in [6, 6.07) is 0. The molecule has 0 aromatic rings. The molecule has 0 unspecified atom stereocenters. The third kappa shape index (κ3) is 6.46. The number of nitro groups is 1. The van der Waals surface area contributed by atoms with E-state index in [-0.39, 0.29) is 13.1 Å². The third-order valence-corrected chi connectivity index (χ3v) is 1.53. The van der Waals surface area contributed by atoms with Gasteiger partial charge >= 0.3 is 12.0 Å². The fourth-order valence-corrected chi connectivity index (χ4v) is 0.960. The van der Waals surface area contributed by atoms with E-state index in [4.69, 9.17) is 10.5 Å². The molecule has 0 aromatic carbocycles. The van der Waals surface area contributed by atoms with Crippen molar-refractivity contribution in [2.24, 2.45) is 5.73 Å². The minimum Gasteiger partial charge on any atom is -0.443 e. The summed E-state index contributed by atoms with van der Waals surface area (Å²) in [5, 5.41) is 10.2. The fourth-order valence-electron chi connectivity index (χ4n) is 0.960. The van der Waals surface area contributed by atoms with Crippen LogP contribution in [-0.4, -0.2) is 47.1 Å². The number of hydrogen-bond donors (Lipinski definition) is 1. The second-order valence-corrected chi connectivity index (χ2v) is 4.31. The van der Waals surface area contributed by atoms with E-state index < -0.39 is 29.1 Å². The standard InChI is InChI=1S/C9H17N3O5/c1-9(2,3)17-8(14)11(5-4-10)7(13)6-12(15)16/h4-6,10H2,1-3H3. The van der Waals surface area contributed by atoms with Gasteiger partial charge in [-0.1, -0.05) is 0 Å². The maximum Gasteiger partial charge on any atom is 0.417 e. The Hall–Kier alpha value is -1.70. The van der Waals surface area contributed by atoms with Gasteiger partial charge < -0.3 is 10.5 Å². The van der Waals surface area contributed by atoms with Crippen LogP contribution in [0.15, 0.2) is 0 Å². The average molecular weight is 247 g/mol. The van der Waals surface area contributed by atoms with Crippen molar-refractivity contribution in [2.75, 3.05) is 19.6 Å². The summed E-state index contributed by atoms with van der Waals surface area (Å²) < 4.78 is 4.94. The second kappa shape index (κ2) is 6.14. The lowest BCUT2D eigenvalue weighted by atomic mass is 10.2. The summed E-state index contributed by atoms with van der Waals surface area (Å²) >= 11 is 0. The highest BCUT2D eigenvalue weighted by molar-refractivity contribution is 5.92. The molecule has 0 fully saturated rings. The highest BCUT2D eigenvalue weighted by Gasteiger charge is 2.28. The zero-order valence-corrected chi connectivity index (χ0v) is 10.1. The first-order valence-electron chi connectivity index (χ1n) is 5.02. The Balaban J connectivity index is 4.67. The summed E-state index contributed by atoms with van der Waals surface area (Å²) in [7, 11) is 0. The average Bonchev–Trinajstić information content (AvgIpc) is 2.09. The highest BCUT2D eigenvalue weighted by atomic mass is 16.6. The molecule has 8 heteroatoms. The zero-order valence-electron chi connectivity index (χ0n) is 10.1. The van der Waals surface area contributed by atoms with Gasteiger partial charge in [-0.25, -0.2) is 9.69 Å². The van der Waals surface area contributed by atoms with Gasteiger partial charge in [-0.05, 0) is 20.8 Å². The van der Waals surface area contributed by atoms with Crippen LogP contribution in [0.1, 0.15) is 20.8 Å². The molecule has 0 aromatic heterocycles. The lowest BCUT2D eigenvalue weighted by Crippen LogP contribution is -2.45. The van der Waals surface area contributed by atoms with E-state index in [0.717, 1.165) is 0 Å². The quantitative estimate of drug-likeness (QED) is 0.551. The van der Waals surface area contributed by atoms with E-state index in [1.165, 1.54) is 0 Å². The van der Waals surface area contributed by atoms with Gasteiger partial charge in [0.25, 0.3) is 6.54 Å². The summed E-state index contributed by atoms with van der Waals surface area (Å²) in [5.41, 5.74) is 4.45. The molecule has 8 nitrogen and oxygen atoms in total. The van der Waals surface area contributed by atoms with E-state index in [9.17, 15) is 19.7 Å². The van der Waals surface area contributed by atoms with Gasteiger partial charge in [-0.2, -0.15) is 0 Å². The van der Waals surface area contributed by atoms with Gasteiger partial charge in [0.05, 0.1) is 0 Å². The molecule has 0 atom stereocenters. The van der Waals surface area contributed by atoms with Crippen molar-refractivity contribution in [3.63, 3.8) is 0 Å². The number of rotatable bonds is 4. The first-order chi connectivity index (χ1) is 7.67. The summed E-state index contributed by atoms with van der Waals surface area (Å²) in [6.07, 6.45) is -0.921. The van der Waals surface area contributed by atoms with Crippen LogP contribution in [0.3, 0.4) is 0 Å². The van der Waals surface area contributed by atoms with Crippen LogP contribution in [0.4, 0.5) is 4.79 Å². The maximum atomic E-state index is 11.6. The topological polar surface area (TPSA) is 116 Å². The van der Waals surface area contributed by atoms with Crippen molar-refractivity contribution in [3.8, 4) is 0 Å². The lowest BCUT2D eigenvalue weighted by molar-refractivity contribution is -0.468.